The Bertz CT molecular complexity index is 368. The first-order valence-electron chi connectivity index (χ1n) is 4.87. The Balaban J connectivity index is 2.45. The van der Waals surface area contributed by atoms with Crippen LogP contribution < -0.4 is 4.74 Å². The van der Waals surface area contributed by atoms with Gasteiger partial charge in [0.1, 0.15) is 5.75 Å². The Morgan fingerprint density at radius 3 is 2.88 bits per heavy atom. The molecule has 0 aliphatic carbocycles. The predicted octanol–water partition coefficient (Wildman–Crippen LogP) is 3.43. The molecule has 0 aliphatic heterocycles. The van der Waals surface area contributed by atoms with Crippen LogP contribution in [0.2, 0.25) is 5.02 Å². The molecule has 0 amide bonds. The number of benzene rings is 1. The van der Waals surface area contributed by atoms with Gasteiger partial charge in [0.05, 0.1) is 11.1 Å². The minimum atomic E-state index is -0.372. The van der Waals surface area contributed by atoms with Gasteiger partial charge in [0.15, 0.2) is 6.61 Å². The van der Waals surface area contributed by atoms with Crippen molar-refractivity contribution in [2.24, 2.45) is 0 Å². The summed E-state index contributed by atoms with van der Waals surface area (Å²) in [5.41, 5.74) is 0. The van der Waals surface area contributed by atoms with E-state index in [0.717, 1.165) is 6.42 Å². The van der Waals surface area contributed by atoms with E-state index in [1.54, 1.807) is 18.2 Å². The van der Waals surface area contributed by atoms with E-state index in [4.69, 9.17) is 21.1 Å². The molecule has 0 heterocycles. The van der Waals surface area contributed by atoms with Gasteiger partial charge < -0.3 is 9.47 Å². The second-order valence-electron chi connectivity index (χ2n) is 3.08. The number of carbonyl (C=O) groups excluding carboxylic acids is 1. The average Bonchev–Trinajstić information content (AvgIpc) is 2.25. The molecule has 0 fully saturated rings. The Kier molecular flexibility index (Phi) is 5.63. The van der Waals surface area contributed by atoms with Gasteiger partial charge in [-0.05, 0) is 40.5 Å². The molecule has 1 rings (SSSR count). The van der Waals surface area contributed by atoms with E-state index in [1.165, 1.54) is 0 Å². The van der Waals surface area contributed by atoms with Crippen molar-refractivity contribution >= 4 is 33.5 Å². The third kappa shape index (κ3) is 4.41. The Labute approximate surface area is 108 Å². The van der Waals surface area contributed by atoms with Crippen LogP contribution in [0.4, 0.5) is 0 Å². The molecule has 88 valence electrons. The summed E-state index contributed by atoms with van der Waals surface area (Å²) in [6.45, 7) is 2.26. The molecule has 0 bridgehead atoms. The topological polar surface area (TPSA) is 35.5 Å². The highest BCUT2D eigenvalue weighted by Crippen LogP contribution is 2.27. The van der Waals surface area contributed by atoms with Gasteiger partial charge in [-0.15, -0.1) is 0 Å². The molecule has 0 saturated heterocycles. The standard InChI is InChI=1S/C11H12BrClO3/c1-2-5-15-11(14)7-16-10-4-3-8(13)6-9(10)12/h3-4,6H,2,5,7H2,1H3. The number of ether oxygens (including phenoxy) is 2. The molecule has 5 heteroatoms. The zero-order chi connectivity index (χ0) is 12.0. The van der Waals surface area contributed by atoms with Crippen LogP contribution in [0.5, 0.6) is 5.75 Å². The van der Waals surface area contributed by atoms with Gasteiger partial charge in [0, 0.05) is 5.02 Å². The monoisotopic (exact) mass is 306 g/mol. The zero-order valence-corrected chi connectivity index (χ0v) is 11.2. The van der Waals surface area contributed by atoms with Gasteiger partial charge in [0.2, 0.25) is 0 Å². The molecule has 3 nitrogen and oxygen atoms in total. The maximum Gasteiger partial charge on any atom is 0.344 e. The summed E-state index contributed by atoms with van der Waals surface area (Å²) in [6, 6.07) is 5.09. The maximum atomic E-state index is 11.2. The van der Waals surface area contributed by atoms with Gasteiger partial charge in [-0.2, -0.15) is 0 Å². The van der Waals surface area contributed by atoms with Crippen molar-refractivity contribution < 1.29 is 14.3 Å². The zero-order valence-electron chi connectivity index (χ0n) is 8.83. The SMILES string of the molecule is CCCOC(=O)COc1ccc(Cl)cc1Br. The highest BCUT2D eigenvalue weighted by atomic mass is 79.9. The quantitative estimate of drug-likeness (QED) is 0.782. The molecule has 0 radical (unpaired) electrons. The summed E-state index contributed by atoms with van der Waals surface area (Å²) in [5.74, 6) is 0.196. The number of hydrogen-bond acceptors (Lipinski definition) is 3. The fourth-order valence-corrected chi connectivity index (χ4v) is 1.78. The number of halogens is 2. The van der Waals surface area contributed by atoms with Crippen LogP contribution in [0.3, 0.4) is 0 Å². The third-order valence-electron chi connectivity index (χ3n) is 1.71. The lowest BCUT2D eigenvalue weighted by Gasteiger charge is -2.08. The molecular weight excluding hydrogens is 295 g/mol. The predicted molar refractivity (Wildman–Crippen MR) is 65.9 cm³/mol. The summed E-state index contributed by atoms with van der Waals surface area (Å²) in [4.78, 5) is 11.2. The Morgan fingerprint density at radius 2 is 2.25 bits per heavy atom. The molecule has 0 N–H and O–H groups in total. The van der Waals surface area contributed by atoms with Gasteiger partial charge >= 0.3 is 5.97 Å². The van der Waals surface area contributed by atoms with Crippen LogP contribution in [0, 0.1) is 0 Å². The second-order valence-corrected chi connectivity index (χ2v) is 4.37. The lowest BCUT2D eigenvalue weighted by atomic mass is 10.3. The smallest absolute Gasteiger partial charge is 0.344 e. The number of carbonyl (C=O) groups is 1. The molecule has 1 aromatic rings. The summed E-state index contributed by atoms with van der Waals surface area (Å²) >= 11 is 9.06. The first-order chi connectivity index (χ1) is 7.63. The molecule has 0 aromatic heterocycles. The first-order valence-corrected chi connectivity index (χ1v) is 6.04. The van der Waals surface area contributed by atoms with Crippen molar-refractivity contribution in [3.05, 3.63) is 27.7 Å². The van der Waals surface area contributed by atoms with Crippen molar-refractivity contribution in [3.8, 4) is 5.75 Å². The van der Waals surface area contributed by atoms with Crippen molar-refractivity contribution in [1.29, 1.82) is 0 Å². The van der Waals surface area contributed by atoms with E-state index in [-0.39, 0.29) is 12.6 Å². The van der Waals surface area contributed by atoms with Crippen molar-refractivity contribution in [2.45, 2.75) is 13.3 Å². The molecule has 0 aliphatic rings. The minimum absolute atomic E-state index is 0.0970. The maximum absolute atomic E-state index is 11.2. The lowest BCUT2D eigenvalue weighted by molar-refractivity contribution is -0.146. The normalized spacial score (nSPS) is 9.94. The second kappa shape index (κ2) is 6.76. The summed E-state index contributed by atoms with van der Waals surface area (Å²) in [7, 11) is 0. The van der Waals surface area contributed by atoms with Crippen molar-refractivity contribution in [1.82, 2.24) is 0 Å². The van der Waals surface area contributed by atoms with Crippen LogP contribution in [0.15, 0.2) is 22.7 Å². The molecule has 0 saturated carbocycles. The number of rotatable bonds is 5. The van der Waals surface area contributed by atoms with Gasteiger partial charge in [0.25, 0.3) is 0 Å². The van der Waals surface area contributed by atoms with Crippen LogP contribution in [0.1, 0.15) is 13.3 Å². The van der Waals surface area contributed by atoms with Crippen LogP contribution in [0.25, 0.3) is 0 Å². The van der Waals surface area contributed by atoms with Crippen molar-refractivity contribution in [3.63, 3.8) is 0 Å². The number of hydrogen-bond donors (Lipinski definition) is 0. The largest absolute Gasteiger partial charge is 0.481 e. The van der Waals surface area contributed by atoms with Crippen LogP contribution in [-0.4, -0.2) is 19.2 Å². The highest BCUT2D eigenvalue weighted by molar-refractivity contribution is 9.10. The summed E-state index contributed by atoms with van der Waals surface area (Å²) in [6.07, 6.45) is 0.802. The summed E-state index contributed by atoms with van der Waals surface area (Å²) < 4.78 is 10.9. The fraction of sp³-hybridized carbons (Fsp3) is 0.364. The van der Waals surface area contributed by atoms with Gasteiger partial charge in [-0.1, -0.05) is 18.5 Å². The average molecular weight is 308 g/mol. The van der Waals surface area contributed by atoms with E-state index in [9.17, 15) is 4.79 Å². The van der Waals surface area contributed by atoms with Crippen molar-refractivity contribution in [2.75, 3.05) is 13.2 Å². The fourth-order valence-electron chi connectivity index (χ4n) is 0.987. The summed E-state index contributed by atoms with van der Waals surface area (Å²) in [5, 5.41) is 0.604. The molecule has 0 spiro atoms. The van der Waals surface area contributed by atoms with Crippen LogP contribution >= 0.6 is 27.5 Å². The number of esters is 1. The van der Waals surface area contributed by atoms with E-state index >= 15 is 0 Å². The molecule has 0 atom stereocenters. The highest BCUT2D eigenvalue weighted by Gasteiger charge is 2.06. The molecular formula is C11H12BrClO3. The Hall–Kier alpha value is -0.740. The lowest BCUT2D eigenvalue weighted by Crippen LogP contribution is -2.15. The van der Waals surface area contributed by atoms with Crippen LogP contribution in [-0.2, 0) is 9.53 Å². The molecule has 0 unspecified atom stereocenters. The minimum Gasteiger partial charge on any atom is -0.481 e. The first kappa shape index (κ1) is 13.3. The van der Waals surface area contributed by atoms with Gasteiger partial charge in [-0.3, -0.25) is 0 Å². The van der Waals surface area contributed by atoms with E-state index in [0.29, 0.717) is 21.9 Å². The molecule has 16 heavy (non-hydrogen) atoms. The third-order valence-corrected chi connectivity index (χ3v) is 2.56. The van der Waals surface area contributed by atoms with Gasteiger partial charge in [-0.25, -0.2) is 4.79 Å². The Morgan fingerprint density at radius 1 is 1.50 bits per heavy atom. The van der Waals surface area contributed by atoms with E-state index in [2.05, 4.69) is 15.9 Å². The van der Waals surface area contributed by atoms with E-state index < -0.39 is 0 Å². The molecule has 1 aromatic carbocycles. The van der Waals surface area contributed by atoms with E-state index in [1.807, 2.05) is 6.92 Å².